The molecule has 1 fully saturated rings. The number of fused-ring (bicyclic) bond motifs is 1. The number of carbonyl (C=O) groups is 1. The van der Waals surface area contributed by atoms with Crippen molar-refractivity contribution in [2.45, 2.75) is 23.9 Å². The fourth-order valence-electron chi connectivity index (χ4n) is 3.58. The second-order valence-electron chi connectivity index (χ2n) is 7.23. The molecule has 10 heteroatoms. The van der Waals surface area contributed by atoms with E-state index in [9.17, 15) is 13.2 Å². The number of nitrogens with one attached hydrogen (secondary N) is 1. The van der Waals surface area contributed by atoms with E-state index in [0.717, 1.165) is 11.1 Å². The van der Waals surface area contributed by atoms with Gasteiger partial charge in [-0.25, -0.2) is 13.4 Å². The average molecular weight is 458 g/mol. The number of likely N-dealkylation sites (tertiary alicyclic amines) is 1. The molecule has 3 N–H and O–H groups in total. The summed E-state index contributed by atoms with van der Waals surface area (Å²) < 4.78 is 28.3. The van der Waals surface area contributed by atoms with Crippen molar-refractivity contribution in [3.05, 3.63) is 70.9 Å². The van der Waals surface area contributed by atoms with E-state index in [1.807, 2.05) is 24.3 Å². The summed E-state index contributed by atoms with van der Waals surface area (Å²) in [6.45, 7) is 0.840. The first kappa shape index (κ1) is 21.2. The van der Waals surface area contributed by atoms with Crippen molar-refractivity contribution < 1.29 is 13.2 Å². The monoisotopic (exact) mass is 457 g/mol. The van der Waals surface area contributed by atoms with Gasteiger partial charge in [-0.2, -0.15) is 9.82 Å². The summed E-state index contributed by atoms with van der Waals surface area (Å²) in [4.78, 5) is 18.7. The summed E-state index contributed by atoms with van der Waals surface area (Å²) in [5, 5.41) is 4.48. The Balaban J connectivity index is 1.47. The third-order valence-corrected chi connectivity index (χ3v) is 6.76. The molecule has 3 aromatic rings. The number of amides is 1. The van der Waals surface area contributed by atoms with Gasteiger partial charge in [0.05, 0.1) is 16.6 Å². The van der Waals surface area contributed by atoms with E-state index in [2.05, 4.69) is 14.8 Å². The maximum Gasteiger partial charge on any atom is 0.241 e. The molecule has 1 atom stereocenters. The molecule has 31 heavy (non-hydrogen) atoms. The zero-order chi connectivity index (χ0) is 22.0. The van der Waals surface area contributed by atoms with Gasteiger partial charge in [0.15, 0.2) is 0 Å². The number of sulfonamides is 1. The van der Waals surface area contributed by atoms with Crippen LogP contribution in [0.5, 0.6) is 0 Å². The minimum atomic E-state index is -3.88. The van der Waals surface area contributed by atoms with Gasteiger partial charge in [0.2, 0.25) is 15.9 Å². The summed E-state index contributed by atoms with van der Waals surface area (Å²) in [6, 6.07) is 14.6. The summed E-state index contributed by atoms with van der Waals surface area (Å²) in [5.41, 5.74) is 2.34. The highest BCUT2D eigenvalue weighted by Gasteiger charge is 2.35. The molecule has 0 saturated carbocycles. The lowest BCUT2D eigenvalue weighted by molar-refractivity contribution is -0.129. The van der Waals surface area contributed by atoms with E-state index in [1.54, 1.807) is 23.1 Å². The Bertz CT molecular complexity index is 1280. The number of pyridine rings is 1. The lowest BCUT2D eigenvalue weighted by atomic mass is 10.1. The lowest BCUT2D eigenvalue weighted by Gasteiger charge is -2.17. The third kappa shape index (κ3) is 4.68. The fourth-order valence-corrected chi connectivity index (χ4v) is 5.00. The molecule has 1 aliphatic rings. The molecule has 4 rings (SSSR count). The molecule has 0 spiro atoms. The van der Waals surface area contributed by atoms with Crippen molar-refractivity contribution in [1.29, 1.82) is 0 Å². The molecule has 160 valence electrons. The van der Waals surface area contributed by atoms with Gasteiger partial charge in [-0.3, -0.25) is 4.79 Å². The normalized spacial score (nSPS) is 17.1. The van der Waals surface area contributed by atoms with Gasteiger partial charge >= 0.3 is 0 Å². The molecule has 1 amide bonds. The number of nitrogens with zero attached hydrogens (tertiary/aromatic N) is 3. The van der Waals surface area contributed by atoms with Gasteiger partial charge in [-0.05, 0) is 53.9 Å². The molecule has 0 bridgehead atoms. The Kier molecular flexibility index (Phi) is 5.90. The van der Waals surface area contributed by atoms with Crippen LogP contribution in [0.1, 0.15) is 17.5 Å². The number of rotatable bonds is 6. The van der Waals surface area contributed by atoms with Crippen LogP contribution < -0.4 is 10.6 Å². The smallest absolute Gasteiger partial charge is 0.241 e. The zero-order valence-electron chi connectivity index (χ0n) is 16.4. The second-order valence-corrected chi connectivity index (χ2v) is 9.34. The van der Waals surface area contributed by atoms with Crippen LogP contribution in [0.2, 0.25) is 5.15 Å². The van der Waals surface area contributed by atoms with Crippen molar-refractivity contribution in [1.82, 2.24) is 14.6 Å². The molecule has 1 saturated heterocycles. The Morgan fingerprint density at radius 2 is 2.06 bits per heavy atom. The number of nitrogens with two attached hydrogens (primary N) is 1. The van der Waals surface area contributed by atoms with Crippen LogP contribution in [-0.4, -0.2) is 43.0 Å². The Morgan fingerprint density at radius 3 is 2.87 bits per heavy atom. The number of aromatic nitrogens is 1. The number of hydrogen-bond acceptors (Lipinski definition) is 6. The molecule has 2 aromatic carbocycles. The van der Waals surface area contributed by atoms with E-state index in [4.69, 9.17) is 17.4 Å². The summed E-state index contributed by atoms with van der Waals surface area (Å²) in [7, 11) is -3.88. The molecule has 1 aliphatic heterocycles. The van der Waals surface area contributed by atoms with Gasteiger partial charge in [0.25, 0.3) is 0 Å². The molecule has 1 aromatic heterocycles. The van der Waals surface area contributed by atoms with E-state index < -0.39 is 16.1 Å². The molecule has 8 nitrogen and oxygen atoms in total. The fraction of sp³-hybridized carbons (Fsp3) is 0.190. The Hall–Kier alpha value is -3.01. The lowest BCUT2D eigenvalue weighted by Crippen LogP contribution is -2.41. The van der Waals surface area contributed by atoms with Gasteiger partial charge in [-0.15, -0.1) is 0 Å². The molecule has 0 aliphatic carbocycles. The molecular formula is C21H20ClN5O3S. The van der Waals surface area contributed by atoms with Gasteiger partial charge in [0, 0.05) is 18.5 Å². The van der Waals surface area contributed by atoms with E-state index >= 15 is 0 Å². The summed E-state index contributed by atoms with van der Waals surface area (Å²) in [6.07, 6.45) is 1.92. The minimum absolute atomic E-state index is 0.0733. The van der Waals surface area contributed by atoms with Crippen LogP contribution in [0.3, 0.4) is 0 Å². The summed E-state index contributed by atoms with van der Waals surface area (Å²) in [5.74, 6) is 4.93. The largest absolute Gasteiger partial charge is 0.337 e. The van der Waals surface area contributed by atoms with E-state index in [1.165, 1.54) is 18.3 Å². The van der Waals surface area contributed by atoms with Gasteiger partial charge in [0.1, 0.15) is 11.2 Å². The predicted molar refractivity (Wildman–Crippen MR) is 119 cm³/mol. The van der Waals surface area contributed by atoms with Crippen LogP contribution in [-0.2, 0) is 21.4 Å². The van der Waals surface area contributed by atoms with E-state index in [-0.39, 0.29) is 10.8 Å². The standard InChI is InChI=1S/C21H20ClN5O3S/c22-20-7-4-16-11-17(5-6-18(16)25-20)31(29,30)26-19-8-9-27(21(19)28)13-15-3-1-2-14(10-15)12-24-23/h1-7,10-12,19,26H,8-9,13,23H2/t19-/m0/s1. The van der Waals surface area contributed by atoms with Crippen LogP contribution in [0.15, 0.2) is 64.6 Å². The first-order chi connectivity index (χ1) is 14.9. The van der Waals surface area contributed by atoms with Crippen molar-refractivity contribution >= 4 is 44.6 Å². The predicted octanol–water partition coefficient (Wildman–Crippen LogP) is 2.26. The number of hydrogen-bond donors (Lipinski definition) is 2. The maximum atomic E-state index is 12.9. The highest BCUT2D eigenvalue weighted by Crippen LogP contribution is 2.22. The number of hydrazone groups is 1. The van der Waals surface area contributed by atoms with Crippen molar-refractivity contribution in [3.8, 4) is 0 Å². The van der Waals surface area contributed by atoms with Crippen molar-refractivity contribution in [2.24, 2.45) is 10.9 Å². The Morgan fingerprint density at radius 1 is 1.23 bits per heavy atom. The number of halogens is 1. The first-order valence-corrected chi connectivity index (χ1v) is 11.4. The SMILES string of the molecule is NN=Cc1cccc(CN2CC[C@H](NS(=O)(=O)c3ccc4nc(Cl)ccc4c3)C2=O)c1. The molecular weight excluding hydrogens is 438 g/mol. The maximum absolute atomic E-state index is 12.9. The molecule has 0 unspecified atom stereocenters. The average Bonchev–Trinajstić information content (AvgIpc) is 3.07. The molecule has 2 heterocycles. The topological polar surface area (TPSA) is 118 Å². The second kappa shape index (κ2) is 8.62. The Labute approximate surface area is 184 Å². The number of benzene rings is 2. The quantitative estimate of drug-likeness (QED) is 0.255. The van der Waals surface area contributed by atoms with Crippen LogP contribution in [0.4, 0.5) is 0 Å². The number of carbonyl (C=O) groups excluding carboxylic acids is 1. The van der Waals surface area contributed by atoms with Gasteiger partial charge in [-0.1, -0.05) is 29.8 Å². The van der Waals surface area contributed by atoms with Crippen molar-refractivity contribution in [2.75, 3.05) is 6.54 Å². The zero-order valence-corrected chi connectivity index (χ0v) is 18.0. The minimum Gasteiger partial charge on any atom is -0.337 e. The highest BCUT2D eigenvalue weighted by molar-refractivity contribution is 7.89. The summed E-state index contributed by atoms with van der Waals surface area (Å²) >= 11 is 5.88. The first-order valence-electron chi connectivity index (χ1n) is 9.55. The van der Waals surface area contributed by atoms with Gasteiger partial charge < -0.3 is 10.7 Å². The molecule has 0 radical (unpaired) electrons. The van der Waals surface area contributed by atoms with Crippen molar-refractivity contribution in [3.63, 3.8) is 0 Å². The van der Waals surface area contributed by atoms with Crippen LogP contribution >= 0.6 is 11.6 Å². The van der Waals surface area contributed by atoms with Crippen LogP contribution in [0, 0.1) is 0 Å². The third-order valence-electron chi connectivity index (χ3n) is 5.08. The van der Waals surface area contributed by atoms with E-state index in [0.29, 0.717) is 35.6 Å². The van der Waals surface area contributed by atoms with Crippen LogP contribution in [0.25, 0.3) is 10.9 Å². The highest BCUT2D eigenvalue weighted by atomic mass is 35.5.